The number of hydrogen-bond acceptors (Lipinski definition) is 2. The Morgan fingerprint density at radius 1 is 1.70 bits per heavy atom. The third kappa shape index (κ3) is 1.72. The standard InChI is InChI=1S/C6H9NO2.ClH/c7-5-3-1-2-4(5)6(8)9;/h1,3-5H,2,7H2,(H,8,9);1H/t4-,5+;/m1./s1. The zero-order valence-electron chi connectivity index (χ0n) is 5.36. The number of halogens is 1. The van der Waals surface area contributed by atoms with Crippen LogP contribution in [-0.2, 0) is 4.79 Å². The second-order valence-corrected chi connectivity index (χ2v) is 2.19. The molecule has 1 rings (SSSR count). The molecule has 0 amide bonds. The number of carbonyl (C=O) groups is 1. The fourth-order valence-corrected chi connectivity index (χ4v) is 0.939. The van der Waals surface area contributed by atoms with Gasteiger partial charge in [-0.15, -0.1) is 12.4 Å². The molecule has 0 aromatic heterocycles. The fourth-order valence-electron chi connectivity index (χ4n) is 0.939. The van der Waals surface area contributed by atoms with Gasteiger partial charge in [0, 0.05) is 6.04 Å². The molecule has 3 nitrogen and oxygen atoms in total. The summed E-state index contributed by atoms with van der Waals surface area (Å²) in [5.74, 6) is -1.18. The maximum Gasteiger partial charge on any atom is 0.308 e. The molecule has 2 atom stereocenters. The van der Waals surface area contributed by atoms with E-state index < -0.39 is 5.97 Å². The minimum absolute atomic E-state index is 0. The van der Waals surface area contributed by atoms with E-state index in [1.54, 1.807) is 6.08 Å². The van der Waals surface area contributed by atoms with Crippen molar-refractivity contribution in [2.75, 3.05) is 0 Å². The van der Waals surface area contributed by atoms with Gasteiger partial charge in [-0.25, -0.2) is 0 Å². The molecule has 0 heterocycles. The number of carboxylic acids is 1. The van der Waals surface area contributed by atoms with Crippen LogP contribution in [0.4, 0.5) is 0 Å². The molecular weight excluding hydrogens is 154 g/mol. The third-order valence-corrected chi connectivity index (χ3v) is 1.53. The van der Waals surface area contributed by atoms with E-state index in [0.717, 1.165) is 0 Å². The van der Waals surface area contributed by atoms with Crippen LogP contribution in [0, 0.1) is 5.92 Å². The fraction of sp³-hybridized carbons (Fsp3) is 0.500. The summed E-state index contributed by atoms with van der Waals surface area (Å²) in [4.78, 5) is 10.3. The molecule has 0 unspecified atom stereocenters. The molecule has 0 aromatic carbocycles. The lowest BCUT2D eigenvalue weighted by atomic mass is 10.0. The van der Waals surface area contributed by atoms with Crippen molar-refractivity contribution in [3.63, 3.8) is 0 Å². The molecule has 3 N–H and O–H groups in total. The lowest BCUT2D eigenvalue weighted by molar-refractivity contribution is -0.141. The first kappa shape index (κ1) is 9.46. The molecule has 0 aliphatic heterocycles. The molecule has 0 aromatic rings. The van der Waals surface area contributed by atoms with E-state index in [0.29, 0.717) is 6.42 Å². The minimum Gasteiger partial charge on any atom is -0.481 e. The highest BCUT2D eigenvalue weighted by molar-refractivity contribution is 5.85. The average Bonchev–Trinajstić information content (AvgIpc) is 2.13. The SMILES string of the molecule is Cl.N[C@H]1C=CC[C@H]1C(=O)O. The Kier molecular flexibility index (Phi) is 3.39. The van der Waals surface area contributed by atoms with Gasteiger partial charge in [-0.05, 0) is 6.42 Å². The van der Waals surface area contributed by atoms with Crippen LogP contribution in [0.25, 0.3) is 0 Å². The number of carboxylic acid groups (broad SMARTS) is 1. The van der Waals surface area contributed by atoms with Crippen LogP contribution in [-0.4, -0.2) is 17.1 Å². The predicted molar refractivity (Wildman–Crippen MR) is 40.1 cm³/mol. The molecule has 0 saturated heterocycles. The maximum absolute atomic E-state index is 10.3. The molecule has 1 aliphatic rings. The summed E-state index contributed by atoms with van der Waals surface area (Å²) < 4.78 is 0. The number of allylic oxidation sites excluding steroid dienone is 1. The van der Waals surface area contributed by atoms with Crippen LogP contribution in [0.2, 0.25) is 0 Å². The van der Waals surface area contributed by atoms with Gasteiger partial charge in [0.2, 0.25) is 0 Å². The van der Waals surface area contributed by atoms with Gasteiger partial charge in [0.25, 0.3) is 0 Å². The van der Waals surface area contributed by atoms with Gasteiger partial charge in [-0.2, -0.15) is 0 Å². The smallest absolute Gasteiger partial charge is 0.308 e. The van der Waals surface area contributed by atoms with E-state index in [2.05, 4.69) is 0 Å². The molecule has 1 aliphatic carbocycles. The molecule has 58 valence electrons. The molecular formula is C6H10ClNO2. The van der Waals surface area contributed by atoms with E-state index >= 15 is 0 Å². The topological polar surface area (TPSA) is 63.3 Å². The predicted octanol–water partition coefficient (Wildman–Crippen LogP) is 0.396. The second-order valence-electron chi connectivity index (χ2n) is 2.19. The number of rotatable bonds is 1. The lowest BCUT2D eigenvalue weighted by Crippen LogP contribution is -2.30. The van der Waals surface area contributed by atoms with Crippen molar-refractivity contribution in [2.45, 2.75) is 12.5 Å². The first-order chi connectivity index (χ1) is 4.22. The summed E-state index contributed by atoms with van der Waals surface area (Å²) in [6, 6.07) is -0.275. The number of aliphatic carboxylic acids is 1. The Hall–Kier alpha value is -0.540. The van der Waals surface area contributed by atoms with Crippen molar-refractivity contribution in [2.24, 2.45) is 11.7 Å². The van der Waals surface area contributed by atoms with Crippen molar-refractivity contribution < 1.29 is 9.90 Å². The molecule has 10 heavy (non-hydrogen) atoms. The van der Waals surface area contributed by atoms with Gasteiger partial charge in [-0.3, -0.25) is 4.79 Å². The Balaban J connectivity index is 0.000000810. The van der Waals surface area contributed by atoms with Crippen molar-refractivity contribution in [3.05, 3.63) is 12.2 Å². The first-order valence-corrected chi connectivity index (χ1v) is 2.87. The Labute approximate surface area is 65.3 Å². The van der Waals surface area contributed by atoms with Gasteiger partial charge in [0.15, 0.2) is 0 Å². The summed E-state index contributed by atoms with van der Waals surface area (Å²) in [6.07, 6.45) is 4.12. The molecule has 0 spiro atoms. The number of hydrogen-bond donors (Lipinski definition) is 2. The zero-order valence-corrected chi connectivity index (χ0v) is 6.17. The summed E-state index contributed by atoms with van der Waals surface area (Å²) in [7, 11) is 0. The molecule has 0 radical (unpaired) electrons. The van der Waals surface area contributed by atoms with Crippen LogP contribution < -0.4 is 5.73 Å². The highest BCUT2D eigenvalue weighted by atomic mass is 35.5. The van der Waals surface area contributed by atoms with Gasteiger partial charge < -0.3 is 10.8 Å². The Bertz CT molecular complexity index is 158. The summed E-state index contributed by atoms with van der Waals surface area (Å²) in [5, 5.41) is 8.46. The van der Waals surface area contributed by atoms with E-state index in [1.165, 1.54) is 0 Å². The minimum atomic E-state index is -0.799. The van der Waals surface area contributed by atoms with E-state index in [4.69, 9.17) is 10.8 Å². The summed E-state index contributed by atoms with van der Waals surface area (Å²) >= 11 is 0. The third-order valence-electron chi connectivity index (χ3n) is 1.53. The van der Waals surface area contributed by atoms with Gasteiger partial charge in [0.05, 0.1) is 5.92 Å². The van der Waals surface area contributed by atoms with Crippen molar-refractivity contribution in [3.8, 4) is 0 Å². The largest absolute Gasteiger partial charge is 0.481 e. The highest BCUT2D eigenvalue weighted by Gasteiger charge is 2.25. The normalized spacial score (nSPS) is 29.7. The second kappa shape index (κ2) is 3.58. The Morgan fingerprint density at radius 3 is 2.50 bits per heavy atom. The molecule has 0 bridgehead atoms. The quantitative estimate of drug-likeness (QED) is 0.550. The summed E-state index contributed by atoms with van der Waals surface area (Å²) in [6.45, 7) is 0. The Morgan fingerprint density at radius 2 is 2.30 bits per heavy atom. The first-order valence-electron chi connectivity index (χ1n) is 2.87. The molecule has 4 heteroatoms. The zero-order chi connectivity index (χ0) is 6.85. The lowest BCUT2D eigenvalue weighted by Gasteiger charge is -2.07. The van der Waals surface area contributed by atoms with E-state index in [9.17, 15) is 4.79 Å². The van der Waals surface area contributed by atoms with Crippen LogP contribution in [0.5, 0.6) is 0 Å². The monoisotopic (exact) mass is 163 g/mol. The highest BCUT2D eigenvalue weighted by Crippen LogP contribution is 2.16. The van der Waals surface area contributed by atoms with Gasteiger partial charge in [-0.1, -0.05) is 12.2 Å². The van der Waals surface area contributed by atoms with E-state index in [1.807, 2.05) is 6.08 Å². The van der Waals surface area contributed by atoms with Crippen LogP contribution in [0.15, 0.2) is 12.2 Å². The van der Waals surface area contributed by atoms with Crippen molar-refractivity contribution in [1.29, 1.82) is 0 Å². The van der Waals surface area contributed by atoms with Crippen LogP contribution in [0.1, 0.15) is 6.42 Å². The van der Waals surface area contributed by atoms with Gasteiger partial charge in [0.1, 0.15) is 0 Å². The summed E-state index contributed by atoms with van der Waals surface area (Å²) in [5.41, 5.74) is 5.41. The average molecular weight is 164 g/mol. The number of nitrogens with two attached hydrogens (primary N) is 1. The maximum atomic E-state index is 10.3. The van der Waals surface area contributed by atoms with Crippen LogP contribution in [0.3, 0.4) is 0 Å². The molecule has 0 saturated carbocycles. The van der Waals surface area contributed by atoms with Gasteiger partial charge >= 0.3 is 5.97 Å². The molecule has 0 fully saturated rings. The van der Waals surface area contributed by atoms with Crippen molar-refractivity contribution in [1.82, 2.24) is 0 Å². The van der Waals surface area contributed by atoms with Crippen LogP contribution >= 0.6 is 12.4 Å². The van der Waals surface area contributed by atoms with Crippen molar-refractivity contribution >= 4 is 18.4 Å². The van der Waals surface area contributed by atoms with E-state index in [-0.39, 0.29) is 24.4 Å².